The highest BCUT2D eigenvalue weighted by Gasteiger charge is 2.15. The molecule has 5 heteroatoms. The van der Waals surface area contributed by atoms with Gasteiger partial charge < -0.3 is 10.4 Å². The van der Waals surface area contributed by atoms with Crippen molar-refractivity contribution < 1.29 is 9.90 Å². The second-order valence-corrected chi connectivity index (χ2v) is 5.64. The Labute approximate surface area is 130 Å². The van der Waals surface area contributed by atoms with E-state index < -0.39 is 0 Å². The largest absolute Gasteiger partial charge is 0.394 e. The van der Waals surface area contributed by atoms with Crippen molar-refractivity contribution in [3.05, 3.63) is 48.3 Å². The Morgan fingerprint density at radius 1 is 1.18 bits per heavy atom. The van der Waals surface area contributed by atoms with Crippen LogP contribution < -0.4 is 5.32 Å². The second kappa shape index (κ2) is 7.66. The minimum atomic E-state index is -0.265. The summed E-state index contributed by atoms with van der Waals surface area (Å²) >= 11 is 0. The fourth-order valence-corrected chi connectivity index (χ4v) is 2.20. The van der Waals surface area contributed by atoms with Crippen LogP contribution >= 0.6 is 0 Å². The van der Waals surface area contributed by atoms with Crippen LogP contribution in [-0.2, 0) is 0 Å². The standard InChI is InChI=1S/C17H21N3O2/c1-12(2)8-15(11-21)20-17(22)14-9-18-16(19-10-14)13-6-4-3-5-7-13/h3-7,9-10,12,15,21H,8,11H2,1-2H3,(H,20,22). The molecule has 2 aromatic rings. The van der Waals surface area contributed by atoms with Crippen LogP contribution in [0.25, 0.3) is 11.4 Å². The van der Waals surface area contributed by atoms with Crippen molar-refractivity contribution in [2.75, 3.05) is 6.61 Å². The molecule has 0 bridgehead atoms. The molecule has 116 valence electrons. The summed E-state index contributed by atoms with van der Waals surface area (Å²) in [5.41, 5.74) is 1.30. The van der Waals surface area contributed by atoms with Crippen molar-refractivity contribution in [3.8, 4) is 11.4 Å². The normalized spacial score (nSPS) is 12.2. The zero-order valence-electron chi connectivity index (χ0n) is 12.9. The van der Waals surface area contributed by atoms with Gasteiger partial charge >= 0.3 is 0 Å². The molecule has 1 unspecified atom stereocenters. The third-order valence-electron chi connectivity index (χ3n) is 3.26. The van der Waals surface area contributed by atoms with E-state index in [9.17, 15) is 9.90 Å². The lowest BCUT2D eigenvalue weighted by Crippen LogP contribution is -2.38. The van der Waals surface area contributed by atoms with E-state index >= 15 is 0 Å². The second-order valence-electron chi connectivity index (χ2n) is 5.64. The summed E-state index contributed by atoms with van der Waals surface area (Å²) < 4.78 is 0. The number of carbonyl (C=O) groups is 1. The van der Waals surface area contributed by atoms with E-state index in [0.717, 1.165) is 12.0 Å². The lowest BCUT2D eigenvalue weighted by atomic mass is 10.0. The van der Waals surface area contributed by atoms with Gasteiger partial charge in [-0.3, -0.25) is 4.79 Å². The summed E-state index contributed by atoms with van der Waals surface area (Å²) in [6, 6.07) is 9.34. The monoisotopic (exact) mass is 299 g/mol. The summed E-state index contributed by atoms with van der Waals surface area (Å²) in [7, 11) is 0. The van der Waals surface area contributed by atoms with Crippen LogP contribution in [-0.4, -0.2) is 33.6 Å². The van der Waals surface area contributed by atoms with Gasteiger partial charge in [0.2, 0.25) is 0 Å². The maximum absolute atomic E-state index is 12.1. The van der Waals surface area contributed by atoms with Gasteiger partial charge in [-0.25, -0.2) is 9.97 Å². The fraction of sp³-hybridized carbons (Fsp3) is 0.353. The first-order chi connectivity index (χ1) is 10.6. The number of amides is 1. The summed E-state index contributed by atoms with van der Waals surface area (Å²) in [6.45, 7) is 4.02. The van der Waals surface area contributed by atoms with Gasteiger partial charge in [0, 0.05) is 18.0 Å². The number of aromatic nitrogens is 2. The van der Waals surface area contributed by atoms with E-state index in [1.807, 2.05) is 44.2 Å². The minimum Gasteiger partial charge on any atom is -0.394 e. The Balaban J connectivity index is 2.05. The van der Waals surface area contributed by atoms with Crippen molar-refractivity contribution in [1.82, 2.24) is 15.3 Å². The van der Waals surface area contributed by atoms with Gasteiger partial charge in [-0.05, 0) is 12.3 Å². The number of aliphatic hydroxyl groups excluding tert-OH is 1. The molecule has 1 amide bonds. The average molecular weight is 299 g/mol. The van der Waals surface area contributed by atoms with Crippen molar-refractivity contribution in [3.63, 3.8) is 0 Å². The molecule has 22 heavy (non-hydrogen) atoms. The van der Waals surface area contributed by atoms with E-state index in [-0.39, 0.29) is 18.6 Å². The molecule has 0 spiro atoms. The van der Waals surface area contributed by atoms with Gasteiger partial charge in [0.25, 0.3) is 5.91 Å². The summed E-state index contributed by atoms with van der Waals surface area (Å²) in [5.74, 6) is 0.714. The molecule has 0 fully saturated rings. The Morgan fingerprint density at radius 3 is 2.36 bits per heavy atom. The zero-order chi connectivity index (χ0) is 15.9. The molecule has 0 radical (unpaired) electrons. The highest BCUT2D eigenvalue weighted by Crippen LogP contribution is 2.13. The zero-order valence-corrected chi connectivity index (χ0v) is 12.9. The van der Waals surface area contributed by atoms with Crippen molar-refractivity contribution in [2.45, 2.75) is 26.3 Å². The van der Waals surface area contributed by atoms with E-state index in [1.54, 1.807) is 0 Å². The number of nitrogens with one attached hydrogen (secondary N) is 1. The van der Waals surface area contributed by atoms with E-state index in [2.05, 4.69) is 15.3 Å². The quantitative estimate of drug-likeness (QED) is 0.858. The predicted molar refractivity (Wildman–Crippen MR) is 85.3 cm³/mol. The molecule has 0 aliphatic rings. The molecule has 2 rings (SSSR count). The molecule has 1 atom stereocenters. The maximum atomic E-state index is 12.1. The Kier molecular flexibility index (Phi) is 5.61. The van der Waals surface area contributed by atoms with E-state index in [0.29, 0.717) is 17.3 Å². The Hall–Kier alpha value is -2.27. The molecule has 1 aromatic carbocycles. The third-order valence-corrected chi connectivity index (χ3v) is 3.26. The molecule has 0 aliphatic carbocycles. The van der Waals surface area contributed by atoms with Crippen LogP contribution in [0.2, 0.25) is 0 Å². The number of benzene rings is 1. The molecule has 5 nitrogen and oxygen atoms in total. The highest BCUT2D eigenvalue weighted by molar-refractivity contribution is 5.93. The van der Waals surface area contributed by atoms with Crippen molar-refractivity contribution >= 4 is 5.91 Å². The highest BCUT2D eigenvalue weighted by atomic mass is 16.3. The number of aliphatic hydroxyl groups is 1. The number of nitrogens with zero attached hydrogens (tertiary/aromatic N) is 2. The fourth-order valence-electron chi connectivity index (χ4n) is 2.20. The number of carbonyl (C=O) groups excluding carboxylic acids is 1. The van der Waals surface area contributed by atoms with Gasteiger partial charge in [-0.15, -0.1) is 0 Å². The molecule has 1 aromatic heterocycles. The Bertz CT molecular complexity index is 597. The SMILES string of the molecule is CC(C)CC(CO)NC(=O)c1cnc(-c2ccccc2)nc1. The van der Waals surface area contributed by atoms with Crippen LogP contribution in [0, 0.1) is 5.92 Å². The number of hydrogen-bond donors (Lipinski definition) is 2. The van der Waals surface area contributed by atoms with Crippen LogP contribution in [0.3, 0.4) is 0 Å². The maximum Gasteiger partial charge on any atom is 0.254 e. The van der Waals surface area contributed by atoms with E-state index in [1.165, 1.54) is 12.4 Å². The van der Waals surface area contributed by atoms with Crippen molar-refractivity contribution in [2.24, 2.45) is 5.92 Å². The molecule has 0 aliphatic heterocycles. The lowest BCUT2D eigenvalue weighted by molar-refractivity contribution is 0.0907. The first-order valence-electron chi connectivity index (χ1n) is 7.39. The summed E-state index contributed by atoms with van der Waals surface area (Å²) in [6.07, 6.45) is 3.74. The van der Waals surface area contributed by atoms with Gasteiger partial charge in [0.15, 0.2) is 5.82 Å². The topological polar surface area (TPSA) is 75.1 Å². The van der Waals surface area contributed by atoms with Gasteiger partial charge in [-0.1, -0.05) is 44.2 Å². The number of hydrogen-bond acceptors (Lipinski definition) is 4. The minimum absolute atomic E-state index is 0.0765. The molecular weight excluding hydrogens is 278 g/mol. The van der Waals surface area contributed by atoms with Crippen LogP contribution in [0.15, 0.2) is 42.7 Å². The lowest BCUT2D eigenvalue weighted by Gasteiger charge is -2.18. The third kappa shape index (κ3) is 4.36. The van der Waals surface area contributed by atoms with Crippen molar-refractivity contribution in [1.29, 1.82) is 0 Å². The van der Waals surface area contributed by atoms with Crippen LogP contribution in [0.4, 0.5) is 0 Å². The average Bonchev–Trinajstić information content (AvgIpc) is 2.54. The predicted octanol–water partition coefficient (Wildman–Crippen LogP) is 2.28. The summed E-state index contributed by atoms with van der Waals surface area (Å²) in [4.78, 5) is 20.6. The Morgan fingerprint density at radius 2 is 1.82 bits per heavy atom. The molecule has 0 saturated carbocycles. The molecule has 1 heterocycles. The van der Waals surface area contributed by atoms with Crippen LogP contribution in [0.1, 0.15) is 30.6 Å². The summed E-state index contributed by atoms with van der Waals surface area (Å²) in [5, 5.41) is 12.1. The number of rotatable bonds is 6. The van der Waals surface area contributed by atoms with Gasteiger partial charge in [0.1, 0.15) is 0 Å². The van der Waals surface area contributed by atoms with Gasteiger partial charge in [-0.2, -0.15) is 0 Å². The van der Waals surface area contributed by atoms with E-state index in [4.69, 9.17) is 0 Å². The van der Waals surface area contributed by atoms with Crippen LogP contribution in [0.5, 0.6) is 0 Å². The molecular formula is C17H21N3O2. The molecule has 0 saturated heterocycles. The van der Waals surface area contributed by atoms with Gasteiger partial charge in [0.05, 0.1) is 18.2 Å². The first kappa shape index (κ1) is 16.1. The molecule has 2 N–H and O–H groups in total. The first-order valence-corrected chi connectivity index (χ1v) is 7.39. The smallest absolute Gasteiger partial charge is 0.254 e.